The summed E-state index contributed by atoms with van der Waals surface area (Å²) >= 11 is 6.20. The third-order valence-electron chi connectivity index (χ3n) is 5.27. The zero-order valence-electron chi connectivity index (χ0n) is 15.8. The topological polar surface area (TPSA) is 39.7 Å². The first-order chi connectivity index (χ1) is 12.6. The van der Waals surface area contributed by atoms with Crippen LogP contribution in [0.15, 0.2) is 23.2 Å². The lowest BCUT2D eigenvalue weighted by atomic mass is 10.1. The van der Waals surface area contributed by atoms with E-state index in [9.17, 15) is 4.39 Å². The van der Waals surface area contributed by atoms with Crippen molar-refractivity contribution in [3.8, 4) is 0 Å². The highest BCUT2D eigenvalue weighted by atomic mass is 35.5. The number of nitrogens with one attached hydrogen (secondary N) is 2. The van der Waals surface area contributed by atoms with Crippen LogP contribution in [-0.2, 0) is 0 Å². The van der Waals surface area contributed by atoms with Gasteiger partial charge in [-0.2, -0.15) is 0 Å². The van der Waals surface area contributed by atoms with E-state index in [0.717, 1.165) is 44.9 Å². The first-order valence-corrected chi connectivity index (χ1v) is 10.2. The lowest BCUT2D eigenvalue weighted by molar-refractivity contribution is 0.206. The molecule has 1 saturated heterocycles. The molecule has 1 aliphatic heterocycles. The molecule has 0 bridgehead atoms. The van der Waals surface area contributed by atoms with Gasteiger partial charge in [0, 0.05) is 48.2 Å². The normalized spacial score (nSPS) is 24.5. The highest BCUT2D eigenvalue weighted by Crippen LogP contribution is 2.44. The van der Waals surface area contributed by atoms with Gasteiger partial charge < -0.3 is 15.5 Å². The predicted octanol–water partition coefficient (Wildman–Crippen LogP) is 3.76. The van der Waals surface area contributed by atoms with Crippen LogP contribution in [0.1, 0.15) is 51.0 Å². The Labute approximate surface area is 161 Å². The lowest BCUT2D eigenvalue weighted by Gasteiger charge is -2.33. The second-order valence-corrected chi connectivity index (χ2v) is 7.72. The summed E-state index contributed by atoms with van der Waals surface area (Å²) < 4.78 is 14.1. The summed E-state index contributed by atoms with van der Waals surface area (Å²) in [6.07, 6.45) is 4.37. The van der Waals surface area contributed by atoms with E-state index in [2.05, 4.69) is 27.4 Å². The highest BCUT2D eigenvalue weighted by Gasteiger charge is 2.42. The summed E-state index contributed by atoms with van der Waals surface area (Å²) in [5.74, 6) is 0.761. The van der Waals surface area contributed by atoms with Gasteiger partial charge in [0.2, 0.25) is 0 Å². The molecule has 2 fully saturated rings. The van der Waals surface area contributed by atoms with Gasteiger partial charge in [0.25, 0.3) is 0 Å². The number of piperidine rings is 1. The molecule has 2 aliphatic rings. The van der Waals surface area contributed by atoms with Crippen molar-refractivity contribution < 1.29 is 4.39 Å². The number of nitrogens with zero attached hydrogens (tertiary/aromatic N) is 2. The minimum absolute atomic E-state index is 0.124. The summed E-state index contributed by atoms with van der Waals surface area (Å²) in [6.45, 7) is 8.46. The molecule has 2 atom stereocenters. The van der Waals surface area contributed by atoms with E-state index in [1.54, 1.807) is 12.1 Å². The van der Waals surface area contributed by atoms with Crippen LogP contribution in [0.5, 0.6) is 0 Å². The van der Waals surface area contributed by atoms with Crippen molar-refractivity contribution in [1.29, 1.82) is 0 Å². The summed E-state index contributed by atoms with van der Waals surface area (Å²) in [5, 5.41) is 7.57. The van der Waals surface area contributed by atoms with Gasteiger partial charge in [-0.05, 0) is 51.3 Å². The van der Waals surface area contributed by atoms with Crippen LogP contribution in [0.4, 0.5) is 4.39 Å². The third-order valence-corrected chi connectivity index (χ3v) is 5.60. The molecule has 0 radical (unpaired) electrons. The minimum atomic E-state index is -0.211. The van der Waals surface area contributed by atoms with Crippen LogP contribution < -0.4 is 10.6 Å². The van der Waals surface area contributed by atoms with Crippen molar-refractivity contribution in [3.05, 3.63) is 34.6 Å². The standard InChI is InChI=1S/C20H30ClFN4/c1-3-10-26-11-8-14(9-12-26)24-20(23-4-2)25-18-13-15(18)19-16(21)6-5-7-17(19)22/h5-7,14-15,18H,3-4,8-13H2,1-2H3,(H2,23,24,25). The van der Waals surface area contributed by atoms with E-state index in [1.807, 2.05) is 6.92 Å². The van der Waals surface area contributed by atoms with E-state index in [0.29, 0.717) is 16.6 Å². The fraction of sp³-hybridized carbons (Fsp3) is 0.650. The second kappa shape index (κ2) is 9.05. The maximum atomic E-state index is 14.1. The molecular formula is C20H30ClFN4. The molecule has 4 nitrogen and oxygen atoms in total. The molecular weight excluding hydrogens is 351 g/mol. The molecule has 2 unspecified atom stereocenters. The number of hydrogen-bond donors (Lipinski definition) is 2. The Balaban J connectivity index is 1.53. The average Bonchev–Trinajstić information content (AvgIpc) is 3.35. The number of benzene rings is 1. The zero-order valence-corrected chi connectivity index (χ0v) is 16.5. The van der Waals surface area contributed by atoms with E-state index < -0.39 is 0 Å². The van der Waals surface area contributed by atoms with Crippen molar-refractivity contribution >= 4 is 17.6 Å². The van der Waals surface area contributed by atoms with Crippen molar-refractivity contribution in [1.82, 2.24) is 15.5 Å². The predicted molar refractivity (Wildman–Crippen MR) is 107 cm³/mol. The fourth-order valence-corrected chi connectivity index (χ4v) is 4.12. The first-order valence-electron chi connectivity index (χ1n) is 9.86. The molecule has 26 heavy (non-hydrogen) atoms. The van der Waals surface area contributed by atoms with Crippen LogP contribution >= 0.6 is 11.6 Å². The molecule has 0 spiro atoms. The number of halogens is 2. The Kier molecular flexibility index (Phi) is 6.76. The van der Waals surface area contributed by atoms with Gasteiger partial charge in [0.15, 0.2) is 5.96 Å². The van der Waals surface area contributed by atoms with E-state index in [4.69, 9.17) is 11.6 Å². The Morgan fingerprint density at radius 2 is 2.04 bits per heavy atom. The summed E-state index contributed by atoms with van der Waals surface area (Å²) in [6, 6.07) is 5.55. The van der Waals surface area contributed by atoms with E-state index >= 15 is 0 Å². The van der Waals surface area contributed by atoms with E-state index in [1.165, 1.54) is 19.0 Å². The Morgan fingerprint density at radius 3 is 2.69 bits per heavy atom. The molecule has 0 amide bonds. The molecule has 2 N–H and O–H groups in total. The highest BCUT2D eigenvalue weighted by molar-refractivity contribution is 6.31. The molecule has 1 heterocycles. The second-order valence-electron chi connectivity index (χ2n) is 7.31. The number of guanidine groups is 1. The maximum absolute atomic E-state index is 14.1. The summed E-state index contributed by atoms with van der Waals surface area (Å²) in [4.78, 5) is 7.11. The summed E-state index contributed by atoms with van der Waals surface area (Å²) in [7, 11) is 0. The lowest BCUT2D eigenvalue weighted by Crippen LogP contribution is -2.49. The van der Waals surface area contributed by atoms with Crippen LogP contribution in [0, 0.1) is 5.82 Å². The van der Waals surface area contributed by atoms with Gasteiger partial charge in [-0.1, -0.05) is 24.6 Å². The third kappa shape index (κ3) is 4.89. The molecule has 1 aliphatic carbocycles. The van der Waals surface area contributed by atoms with E-state index in [-0.39, 0.29) is 17.8 Å². The van der Waals surface area contributed by atoms with Gasteiger partial charge in [0.1, 0.15) is 5.82 Å². The van der Waals surface area contributed by atoms with Crippen LogP contribution in [-0.4, -0.2) is 49.1 Å². The van der Waals surface area contributed by atoms with Gasteiger partial charge in [-0.25, -0.2) is 4.39 Å². The molecule has 1 saturated carbocycles. The first kappa shape index (κ1) is 19.4. The number of aliphatic imine (C=N–C) groups is 1. The Bertz CT molecular complexity index is 608. The molecule has 1 aromatic carbocycles. The Hall–Kier alpha value is -1.33. The molecule has 144 valence electrons. The quantitative estimate of drug-likeness (QED) is 0.583. The molecule has 6 heteroatoms. The number of rotatable bonds is 6. The number of likely N-dealkylation sites (tertiary alicyclic amines) is 1. The average molecular weight is 381 g/mol. The minimum Gasteiger partial charge on any atom is -0.354 e. The molecule has 0 aromatic heterocycles. The fourth-order valence-electron chi connectivity index (χ4n) is 3.82. The number of hydrogen-bond acceptors (Lipinski definition) is 2. The zero-order chi connectivity index (χ0) is 18.5. The molecule has 3 rings (SSSR count). The van der Waals surface area contributed by atoms with Crippen molar-refractivity contribution in [2.45, 2.75) is 57.5 Å². The summed E-state index contributed by atoms with van der Waals surface area (Å²) in [5.41, 5.74) is 0.635. The monoisotopic (exact) mass is 380 g/mol. The van der Waals surface area contributed by atoms with Crippen LogP contribution in [0.2, 0.25) is 5.02 Å². The van der Waals surface area contributed by atoms with Gasteiger partial charge >= 0.3 is 0 Å². The van der Waals surface area contributed by atoms with Crippen molar-refractivity contribution in [2.75, 3.05) is 26.2 Å². The van der Waals surface area contributed by atoms with Gasteiger partial charge in [0.05, 0.1) is 0 Å². The van der Waals surface area contributed by atoms with Gasteiger partial charge in [-0.15, -0.1) is 0 Å². The SMILES string of the molecule is CCCN1CCC(NC(=NCC)NC2CC2c2c(F)cccc2Cl)CC1. The van der Waals surface area contributed by atoms with Crippen molar-refractivity contribution in [2.24, 2.45) is 4.99 Å². The molecule has 1 aromatic rings. The van der Waals surface area contributed by atoms with Crippen molar-refractivity contribution in [3.63, 3.8) is 0 Å². The van der Waals surface area contributed by atoms with Crippen LogP contribution in [0.25, 0.3) is 0 Å². The largest absolute Gasteiger partial charge is 0.354 e. The maximum Gasteiger partial charge on any atom is 0.191 e. The van der Waals surface area contributed by atoms with Gasteiger partial charge in [-0.3, -0.25) is 4.99 Å². The van der Waals surface area contributed by atoms with Crippen LogP contribution in [0.3, 0.4) is 0 Å². The smallest absolute Gasteiger partial charge is 0.191 e. The Morgan fingerprint density at radius 1 is 1.27 bits per heavy atom.